The third kappa shape index (κ3) is 2.73. The quantitative estimate of drug-likeness (QED) is 0.740. The fraction of sp³-hybridized carbons (Fsp3) is 0.588. The van der Waals surface area contributed by atoms with Gasteiger partial charge in [-0.1, -0.05) is 6.42 Å². The van der Waals surface area contributed by atoms with Crippen molar-refractivity contribution in [1.29, 1.82) is 0 Å². The molecule has 0 bridgehead atoms. The van der Waals surface area contributed by atoms with E-state index in [2.05, 4.69) is 25.5 Å². The fourth-order valence-electron chi connectivity index (χ4n) is 3.80. The molecule has 2 aliphatic rings. The number of aryl methyl sites for hydroxylation is 1. The number of aromatic amines is 2. The van der Waals surface area contributed by atoms with Gasteiger partial charge in [0.25, 0.3) is 0 Å². The highest BCUT2D eigenvalue weighted by molar-refractivity contribution is 5.83. The van der Waals surface area contributed by atoms with E-state index in [0.717, 1.165) is 42.9 Å². The Balaban J connectivity index is 1.50. The molecule has 0 spiro atoms. The maximum absolute atomic E-state index is 12.9. The van der Waals surface area contributed by atoms with Gasteiger partial charge in [-0.25, -0.2) is 4.98 Å². The topological polar surface area (TPSA) is 89.7 Å². The minimum absolute atomic E-state index is 0.0495. The van der Waals surface area contributed by atoms with E-state index in [9.17, 15) is 4.79 Å². The molecule has 3 heterocycles. The molecule has 0 fully saturated rings. The van der Waals surface area contributed by atoms with Crippen LogP contribution < -0.4 is 5.32 Å². The summed E-state index contributed by atoms with van der Waals surface area (Å²) in [5, 5.41) is 11.0. The molecule has 1 atom stereocenters. The molecule has 2 aromatic heterocycles. The number of fused-ring (bicyclic) bond motifs is 2. The van der Waals surface area contributed by atoms with Crippen molar-refractivity contribution in [1.82, 2.24) is 30.4 Å². The number of hydrogen-bond donors (Lipinski definition) is 3. The highest BCUT2D eigenvalue weighted by Crippen LogP contribution is 2.24. The normalized spacial score (nSPS) is 20.1. The molecule has 1 aliphatic carbocycles. The number of H-pyrrole nitrogens is 2. The number of carbonyl (C=O) groups is 1. The predicted molar refractivity (Wildman–Crippen MR) is 89.4 cm³/mol. The first kappa shape index (κ1) is 15.4. The van der Waals surface area contributed by atoms with E-state index < -0.39 is 0 Å². The van der Waals surface area contributed by atoms with Gasteiger partial charge in [0.15, 0.2) is 0 Å². The summed E-state index contributed by atoms with van der Waals surface area (Å²) in [6, 6.07) is -0.359. The zero-order valence-electron chi connectivity index (χ0n) is 14.1. The van der Waals surface area contributed by atoms with Crippen molar-refractivity contribution in [3.63, 3.8) is 0 Å². The smallest absolute Gasteiger partial charge is 0.246 e. The molecule has 3 N–H and O–H groups in total. The molecule has 0 aromatic carbocycles. The van der Waals surface area contributed by atoms with Gasteiger partial charge >= 0.3 is 0 Å². The third-order valence-electron chi connectivity index (χ3n) is 5.15. The van der Waals surface area contributed by atoms with Crippen LogP contribution in [0.4, 0.5) is 0 Å². The summed E-state index contributed by atoms with van der Waals surface area (Å²) in [4.78, 5) is 22.1. The summed E-state index contributed by atoms with van der Waals surface area (Å²) in [7, 11) is 1.85. The van der Waals surface area contributed by atoms with Gasteiger partial charge in [-0.15, -0.1) is 0 Å². The Hall–Kier alpha value is -2.15. The number of rotatable bonds is 3. The highest BCUT2D eigenvalue weighted by Gasteiger charge is 2.31. The molecule has 0 unspecified atom stereocenters. The van der Waals surface area contributed by atoms with E-state index in [4.69, 9.17) is 0 Å². The summed E-state index contributed by atoms with van der Waals surface area (Å²) >= 11 is 0. The number of carbonyl (C=O) groups excluding carboxylic acids is 1. The molecule has 1 aliphatic heterocycles. The lowest BCUT2D eigenvalue weighted by Gasteiger charge is -2.26. The second kappa shape index (κ2) is 6.39. The Morgan fingerprint density at radius 2 is 2.12 bits per heavy atom. The lowest BCUT2D eigenvalue weighted by molar-refractivity contribution is -0.133. The van der Waals surface area contributed by atoms with Crippen molar-refractivity contribution in [3.8, 4) is 0 Å². The Morgan fingerprint density at radius 1 is 1.25 bits per heavy atom. The Kier molecular flexibility index (Phi) is 4.10. The van der Waals surface area contributed by atoms with Gasteiger partial charge in [-0.05, 0) is 31.2 Å². The van der Waals surface area contributed by atoms with Crippen molar-refractivity contribution < 1.29 is 4.79 Å². The van der Waals surface area contributed by atoms with Crippen LogP contribution in [0.15, 0.2) is 6.33 Å². The molecule has 24 heavy (non-hydrogen) atoms. The number of nitrogens with one attached hydrogen (secondary N) is 3. The van der Waals surface area contributed by atoms with Crippen LogP contribution in [0.3, 0.4) is 0 Å². The molecule has 2 aromatic rings. The van der Waals surface area contributed by atoms with Crippen LogP contribution >= 0.6 is 0 Å². The van der Waals surface area contributed by atoms with Crippen molar-refractivity contribution >= 4 is 5.91 Å². The zero-order valence-corrected chi connectivity index (χ0v) is 14.1. The van der Waals surface area contributed by atoms with Crippen molar-refractivity contribution in [2.24, 2.45) is 0 Å². The average molecular weight is 328 g/mol. The minimum Gasteiger partial charge on any atom is -0.348 e. The number of nitrogens with zero attached hydrogens (tertiary/aromatic N) is 3. The Labute approximate surface area is 141 Å². The van der Waals surface area contributed by atoms with Crippen LogP contribution in [0.25, 0.3) is 0 Å². The first-order valence-corrected chi connectivity index (χ1v) is 8.79. The molecular weight excluding hydrogens is 304 g/mol. The monoisotopic (exact) mass is 328 g/mol. The molecule has 7 heteroatoms. The minimum atomic E-state index is -0.359. The van der Waals surface area contributed by atoms with E-state index in [0.29, 0.717) is 6.54 Å². The summed E-state index contributed by atoms with van der Waals surface area (Å²) in [6.07, 6.45) is 8.39. The van der Waals surface area contributed by atoms with Crippen molar-refractivity contribution in [3.05, 3.63) is 34.7 Å². The largest absolute Gasteiger partial charge is 0.348 e. The van der Waals surface area contributed by atoms with Gasteiger partial charge in [-0.3, -0.25) is 9.89 Å². The lowest BCUT2D eigenvalue weighted by atomic mass is 10.0. The van der Waals surface area contributed by atoms with Gasteiger partial charge in [0.1, 0.15) is 6.04 Å². The zero-order chi connectivity index (χ0) is 16.5. The fourth-order valence-corrected chi connectivity index (χ4v) is 3.80. The first-order chi connectivity index (χ1) is 11.7. The first-order valence-electron chi connectivity index (χ1n) is 8.79. The Morgan fingerprint density at radius 3 is 3.04 bits per heavy atom. The maximum Gasteiger partial charge on any atom is 0.246 e. The third-order valence-corrected chi connectivity index (χ3v) is 5.15. The molecule has 1 amide bonds. The molecule has 0 saturated carbocycles. The average Bonchev–Trinajstić information content (AvgIpc) is 3.15. The molecule has 128 valence electrons. The molecule has 0 radical (unpaired) electrons. The van der Waals surface area contributed by atoms with Crippen LogP contribution in [0.1, 0.15) is 53.6 Å². The molecule has 4 rings (SSSR count). The van der Waals surface area contributed by atoms with E-state index in [1.807, 2.05) is 7.05 Å². The summed E-state index contributed by atoms with van der Waals surface area (Å²) < 4.78 is 0. The van der Waals surface area contributed by atoms with Crippen molar-refractivity contribution in [2.45, 2.75) is 51.1 Å². The number of likely N-dealkylation sites (N-methyl/N-ethyl adjacent to an activating group) is 1. The van der Waals surface area contributed by atoms with Gasteiger partial charge in [0, 0.05) is 31.4 Å². The lowest BCUT2D eigenvalue weighted by Crippen LogP contribution is -2.42. The van der Waals surface area contributed by atoms with Gasteiger partial charge in [-0.2, -0.15) is 5.10 Å². The van der Waals surface area contributed by atoms with E-state index in [1.54, 1.807) is 11.2 Å². The summed E-state index contributed by atoms with van der Waals surface area (Å²) in [5.74, 6) is 0.0495. The van der Waals surface area contributed by atoms with E-state index in [1.165, 1.54) is 30.5 Å². The van der Waals surface area contributed by atoms with Gasteiger partial charge < -0.3 is 15.2 Å². The molecule has 0 saturated heterocycles. The molecule has 7 nitrogen and oxygen atoms in total. The van der Waals surface area contributed by atoms with E-state index in [-0.39, 0.29) is 11.9 Å². The van der Waals surface area contributed by atoms with E-state index >= 15 is 0 Å². The standard InChI is InChI=1S/C17H24N6O/c1-23(9-14-11-5-3-2-4-6-12(11)21-22-14)17(24)16-15-13(7-8-18-16)19-10-20-15/h10,16,18H,2-9H2,1H3,(H,19,20)(H,21,22)/t16-/m1/s1. The maximum atomic E-state index is 12.9. The van der Waals surface area contributed by atoms with Crippen LogP contribution in [0.5, 0.6) is 0 Å². The highest BCUT2D eigenvalue weighted by atomic mass is 16.2. The second-order valence-electron chi connectivity index (χ2n) is 6.79. The van der Waals surface area contributed by atoms with Crippen LogP contribution in [-0.2, 0) is 30.6 Å². The summed E-state index contributed by atoms with van der Waals surface area (Å²) in [5.41, 5.74) is 5.49. The molecular formula is C17H24N6O. The number of imidazole rings is 1. The number of aromatic nitrogens is 4. The Bertz CT molecular complexity index is 733. The summed E-state index contributed by atoms with van der Waals surface area (Å²) in [6.45, 7) is 1.33. The van der Waals surface area contributed by atoms with Crippen LogP contribution in [0.2, 0.25) is 0 Å². The van der Waals surface area contributed by atoms with Gasteiger partial charge in [0.2, 0.25) is 5.91 Å². The van der Waals surface area contributed by atoms with Crippen LogP contribution in [-0.4, -0.2) is 44.6 Å². The number of amides is 1. The van der Waals surface area contributed by atoms with Crippen molar-refractivity contribution in [2.75, 3.05) is 13.6 Å². The predicted octanol–water partition coefficient (Wildman–Crippen LogP) is 1.25. The SMILES string of the molecule is CN(Cc1n[nH]c2c1CCCCC2)C(=O)[C@@H]1NCCc2[nH]cnc21. The second-order valence-corrected chi connectivity index (χ2v) is 6.79. The van der Waals surface area contributed by atoms with Crippen LogP contribution in [0, 0.1) is 0 Å². The number of hydrogen-bond acceptors (Lipinski definition) is 4. The van der Waals surface area contributed by atoms with Gasteiger partial charge in [0.05, 0.1) is 24.3 Å².